The first-order chi connectivity index (χ1) is 9.22. The summed E-state index contributed by atoms with van der Waals surface area (Å²) in [6, 6.07) is 4.04. The van der Waals surface area contributed by atoms with E-state index in [-0.39, 0.29) is 5.92 Å². The first kappa shape index (κ1) is 12.0. The van der Waals surface area contributed by atoms with E-state index in [2.05, 4.69) is 22.0 Å². The van der Waals surface area contributed by atoms with Crippen LogP contribution in [0.5, 0.6) is 5.75 Å². The highest BCUT2D eigenvalue weighted by atomic mass is 79.9. The van der Waals surface area contributed by atoms with Crippen molar-refractivity contribution in [2.24, 2.45) is 17.8 Å². The lowest BCUT2D eigenvalue weighted by Crippen LogP contribution is -2.21. The molecular formula is C16H17BrO2. The van der Waals surface area contributed by atoms with Crippen LogP contribution >= 0.6 is 15.9 Å². The number of carbonyl (C=O) groups excluding carboxylic acids is 1. The molecule has 2 nitrogen and oxygen atoms in total. The Morgan fingerprint density at radius 3 is 2.89 bits per heavy atom. The third kappa shape index (κ3) is 1.85. The molecule has 4 rings (SSSR count). The van der Waals surface area contributed by atoms with Crippen molar-refractivity contribution in [2.75, 3.05) is 6.61 Å². The number of ether oxygens (including phenoxy) is 1. The first-order valence-corrected chi connectivity index (χ1v) is 8.01. The van der Waals surface area contributed by atoms with Crippen molar-refractivity contribution >= 4 is 21.7 Å². The largest absolute Gasteiger partial charge is 0.492 e. The maximum Gasteiger partial charge on any atom is 0.170 e. The number of fused-ring (bicyclic) bond motifs is 3. The molecule has 3 aliphatic rings. The van der Waals surface area contributed by atoms with Gasteiger partial charge >= 0.3 is 0 Å². The lowest BCUT2D eigenvalue weighted by Gasteiger charge is -2.21. The van der Waals surface area contributed by atoms with Crippen molar-refractivity contribution in [3.05, 3.63) is 27.7 Å². The minimum Gasteiger partial charge on any atom is -0.492 e. The average Bonchev–Trinajstić information content (AvgIpc) is 3.11. The van der Waals surface area contributed by atoms with Gasteiger partial charge in [-0.1, -0.05) is 22.4 Å². The van der Waals surface area contributed by atoms with Crippen molar-refractivity contribution < 1.29 is 9.53 Å². The summed E-state index contributed by atoms with van der Waals surface area (Å²) in [5.74, 6) is 2.87. The summed E-state index contributed by atoms with van der Waals surface area (Å²) < 4.78 is 6.71. The summed E-state index contributed by atoms with van der Waals surface area (Å²) in [5.41, 5.74) is 2.00. The Balaban J connectivity index is 1.71. The van der Waals surface area contributed by atoms with Gasteiger partial charge in [-0.15, -0.1) is 0 Å². The molecule has 0 spiro atoms. The molecule has 3 atom stereocenters. The van der Waals surface area contributed by atoms with Gasteiger partial charge in [0, 0.05) is 16.8 Å². The van der Waals surface area contributed by atoms with E-state index >= 15 is 0 Å². The van der Waals surface area contributed by atoms with Crippen LogP contribution in [0.4, 0.5) is 0 Å². The zero-order valence-corrected chi connectivity index (χ0v) is 12.4. The van der Waals surface area contributed by atoms with Gasteiger partial charge < -0.3 is 4.74 Å². The maximum atomic E-state index is 12.8. The molecule has 19 heavy (non-hydrogen) atoms. The summed E-state index contributed by atoms with van der Waals surface area (Å²) in [6.07, 6.45) is 5.88. The zero-order valence-electron chi connectivity index (χ0n) is 10.8. The normalized spacial score (nSPS) is 31.3. The second kappa shape index (κ2) is 4.34. The van der Waals surface area contributed by atoms with Crippen molar-refractivity contribution in [1.82, 2.24) is 0 Å². The van der Waals surface area contributed by atoms with Gasteiger partial charge in [0.2, 0.25) is 0 Å². The monoisotopic (exact) mass is 320 g/mol. The highest BCUT2D eigenvalue weighted by molar-refractivity contribution is 9.10. The summed E-state index contributed by atoms with van der Waals surface area (Å²) in [6.45, 7) is 0.711. The van der Waals surface area contributed by atoms with E-state index in [0.717, 1.165) is 34.5 Å². The van der Waals surface area contributed by atoms with Gasteiger partial charge in [0.05, 0.1) is 12.2 Å². The van der Waals surface area contributed by atoms with Crippen molar-refractivity contribution in [2.45, 2.75) is 32.1 Å². The lowest BCUT2D eigenvalue weighted by molar-refractivity contribution is 0.0871. The minimum absolute atomic E-state index is 0.251. The zero-order chi connectivity index (χ0) is 13.0. The van der Waals surface area contributed by atoms with Crippen molar-refractivity contribution in [1.29, 1.82) is 0 Å². The van der Waals surface area contributed by atoms with E-state index in [9.17, 15) is 4.79 Å². The highest BCUT2D eigenvalue weighted by Gasteiger charge is 2.44. The fourth-order valence-electron chi connectivity index (χ4n) is 4.22. The molecule has 2 aliphatic carbocycles. The van der Waals surface area contributed by atoms with E-state index in [1.807, 2.05) is 6.07 Å². The molecule has 2 saturated carbocycles. The molecule has 1 heterocycles. The van der Waals surface area contributed by atoms with Gasteiger partial charge in [-0.25, -0.2) is 0 Å². The fourth-order valence-corrected chi connectivity index (χ4v) is 4.72. The SMILES string of the molecule is O=C(c1cc(Br)cc2c1OCC2)C1CC2CCC1C2. The molecule has 1 aromatic carbocycles. The van der Waals surface area contributed by atoms with Crippen LogP contribution in [-0.4, -0.2) is 12.4 Å². The first-order valence-electron chi connectivity index (χ1n) is 7.22. The van der Waals surface area contributed by atoms with Crippen LogP contribution in [0.2, 0.25) is 0 Å². The van der Waals surface area contributed by atoms with E-state index in [0.29, 0.717) is 18.3 Å². The van der Waals surface area contributed by atoms with Gasteiger partial charge in [0.1, 0.15) is 5.75 Å². The number of hydrogen-bond donors (Lipinski definition) is 0. The van der Waals surface area contributed by atoms with Crippen LogP contribution in [0.1, 0.15) is 41.6 Å². The Bertz CT molecular complexity index is 552. The molecule has 1 aliphatic heterocycles. The molecule has 3 unspecified atom stereocenters. The number of hydrogen-bond acceptors (Lipinski definition) is 2. The average molecular weight is 321 g/mol. The van der Waals surface area contributed by atoms with Gasteiger partial charge in [0.15, 0.2) is 5.78 Å². The summed E-state index contributed by atoms with van der Waals surface area (Å²) in [4.78, 5) is 12.8. The van der Waals surface area contributed by atoms with Crippen molar-refractivity contribution in [3.8, 4) is 5.75 Å². The Morgan fingerprint density at radius 1 is 1.26 bits per heavy atom. The minimum atomic E-state index is 0.251. The molecule has 0 aromatic heterocycles. The molecule has 3 heteroatoms. The Morgan fingerprint density at radius 2 is 2.16 bits per heavy atom. The third-order valence-electron chi connectivity index (χ3n) is 5.09. The standard InChI is InChI=1S/C16H17BrO2/c17-12-7-11-3-4-19-16(11)14(8-12)15(18)13-6-9-1-2-10(13)5-9/h7-10,13H,1-6H2. The number of halogens is 1. The Labute approximate surface area is 121 Å². The van der Waals surface area contributed by atoms with E-state index in [1.165, 1.54) is 24.8 Å². The lowest BCUT2D eigenvalue weighted by atomic mass is 9.83. The molecule has 0 amide bonds. The maximum absolute atomic E-state index is 12.8. The number of ketones is 1. The van der Waals surface area contributed by atoms with Crippen LogP contribution in [0.3, 0.4) is 0 Å². The molecule has 0 radical (unpaired) electrons. The second-order valence-electron chi connectivity index (χ2n) is 6.19. The highest BCUT2D eigenvalue weighted by Crippen LogP contribution is 2.50. The summed E-state index contributed by atoms with van der Waals surface area (Å²) >= 11 is 3.53. The van der Waals surface area contributed by atoms with Crippen LogP contribution in [0.15, 0.2) is 16.6 Å². The predicted octanol–water partition coefficient (Wildman–Crippen LogP) is 4.00. The summed E-state index contributed by atoms with van der Waals surface area (Å²) in [5, 5.41) is 0. The van der Waals surface area contributed by atoms with Gasteiger partial charge in [-0.3, -0.25) is 4.79 Å². The molecule has 0 saturated heterocycles. The number of benzene rings is 1. The number of Topliss-reactive ketones (excluding diaryl/α,β-unsaturated/α-hetero) is 1. The predicted molar refractivity (Wildman–Crippen MR) is 76.6 cm³/mol. The molecule has 0 N–H and O–H groups in total. The van der Waals surface area contributed by atoms with E-state index in [4.69, 9.17) is 4.74 Å². The van der Waals surface area contributed by atoms with Crippen LogP contribution < -0.4 is 4.74 Å². The van der Waals surface area contributed by atoms with Crippen molar-refractivity contribution in [3.63, 3.8) is 0 Å². The number of carbonyl (C=O) groups is 1. The molecule has 1 aromatic rings. The van der Waals surface area contributed by atoms with Crippen LogP contribution in [-0.2, 0) is 6.42 Å². The second-order valence-corrected chi connectivity index (χ2v) is 7.10. The Hall–Kier alpha value is -0.830. The molecule has 2 fully saturated rings. The smallest absolute Gasteiger partial charge is 0.170 e. The Kier molecular flexibility index (Phi) is 2.73. The topological polar surface area (TPSA) is 26.3 Å². The van der Waals surface area contributed by atoms with Crippen LogP contribution in [0.25, 0.3) is 0 Å². The van der Waals surface area contributed by atoms with E-state index in [1.54, 1.807) is 0 Å². The van der Waals surface area contributed by atoms with Gasteiger partial charge in [-0.05, 0) is 48.8 Å². The third-order valence-corrected chi connectivity index (χ3v) is 5.55. The summed E-state index contributed by atoms with van der Waals surface area (Å²) in [7, 11) is 0. The fraction of sp³-hybridized carbons (Fsp3) is 0.562. The molecule has 2 bridgehead atoms. The number of rotatable bonds is 2. The van der Waals surface area contributed by atoms with Gasteiger partial charge in [-0.2, -0.15) is 0 Å². The quantitative estimate of drug-likeness (QED) is 0.770. The van der Waals surface area contributed by atoms with Gasteiger partial charge in [0.25, 0.3) is 0 Å². The molecule has 100 valence electrons. The van der Waals surface area contributed by atoms with E-state index < -0.39 is 0 Å². The van der Waals surface area contributed by atoms with Crippen LogP contribution in [0, 0.1) is 17.8 Å². The molecular weight excluding hydrogens is 304 g/mol.